The first-order chi connectivity index (χ1) is 7.16. The number of hydrogen-bond acceptors (Lipinski definition) is 5. The second-order valence-electron chi connectivity index (χ2n) is 3.64. The molecule has 2 N–H and O–H groups in total. The van der Waals surface area contributed by atoms with Crippen molar-refractivity contribution >= 4 is 27.4 Å². The van der Waals surface area contributed by atoms with Gasteiger partial charge in [0.1, 0.15) is 5.00 Å². The van der Waals surface area contributed by atoms with Crippen LogP contribution in [0.3, 0.4) is 0 Å². The summed E-state index contributed by atoms with van der Waals surface area (Å²) < 4.78 is 0. The molecule has 2 heterocycles. The fourth-order valence-electron chi connectivity index (χ4n) is 1.57. The molecule has 5 nitrogen and oxygen atoms in total. The first-order valence-corrected chi connectivity index (χ1v) is 5.68. The largest absolute Gasteiger partial charge is 0.389 e. The van der Waals surface area contributed by atoms with Crippen molar-refractivity contribution in [1.29, 1.82) is 0 Å². The third-order valence-electron chi connectivity index (χ3n) is 2.46. The monoisotopic (exact) mass is 226 g/mol. The molecule has 0 aliphatic carbocycles. The molecule has 0 radical (unpaired) electrons. The number of amides is 1. The summed E-state index contributed by atoms with van der Waals surface area (Å²) in [5.41, 5.74) is 5.62. The summed E-state index contributed by atoms with van der Waals surface area (Å²) in [6.45, 7) is 2.09. The summed E-state index contributed by atoms with van der Waals surface area (Å²) in [5, 5.41) is 1.53. The number of likely N-dealkylation sites (N-methyl/N-ethyl adjacent to an activating group) is 1. The van der Waals surface area contributed by atoms with Gasteiger partial charge in [0.05, 0.1) is 12.7 Å². The maximum atomic E-state index is 11.6. The van der Waals surface area contributed by atoms with Crippen molar-refractivity contribution in [3.8, 4) is 0 Å². The van der Waals surface area contributed by atoms with E-state index in [-0.39, 0.29) is 5.91 Å². The van der Waals surface area contributed by atoms with Crippen molar-refractivity contribution in [2.24, 2.45) is 0 Å². The minimum atomic E-state index is 0.140. The van der Waals surface area contributed by atoms with Crippen LogP contribution in [0.5, 0.6) is 0 Å². The topological polar surface area (TPSA) is 62.5 Å². The van der Waals surface area contributed by atoms with Gasteiger partial charge >= 0.3 is 0 Å². The lowest BCUT2D eigenvalue weighted by Gasteiger charge is -2.18. The molecule has 1 saturated heterocycles. The molecule has 1 amide bonds. The number of nitrogens with zero attached hydrogens (tertiary/aromatic N) is 3. The van der Waals surface area contributed by atoms with Gasteiger partial charge in [0, 0.05) is 20.1 Å². The molecule has 0 bridgehead atoms. The lowest BCUT2D eigenvalue weighted by atomic mass is 10.4. The third kappa shape index (κ3) is 2.20. The number of nitrogens with two attached hydrogens (primary N) is 1. The van der Waals surface area contributed by atoms with Gasteiger partial charge in [-0.25, -0.2) is 4.98 Å². The quantitative estimate of drug-likeness (QED) is 0.752. The smallest absolute Gasteiger partial charge is 0.241 e. The average Bonchev–Trinajstić information content (AvgIpc) is 2.55. The van der Waals surface area contributed by atoms with Gasteiger partial charge in [0.25, 0.3) is 0 Å². The number of hydrogen-bond donors (Lipinski definition) is 1. The Balaban J connectivity index is 2.13. The van der Waals surface area contributed by atoms with E-state index in [9.17, 15) is 4.79 Å². The summed E-state index contributed by atoms with van der Waals surface area (Å²) in [4.78, 5) is 19.6. The van der Waals surface area contributed by atoms with Crippen molar-refractivity contribution in [2.45, 2.75) is 6.42 Å². The van der Waals surface area contributed by atoms with E-state index in [0.29, 0.717) is 11.5 Å². The van der Waals surface area contributed by atoms with Crippen molar-refractivity contribution in [2.75, 3.05) is 37.3 Å². The average molecular weight is 226 g/mol. The molecule has 1 aromatic heterocycles. The molecule has 1 aliphatic rings. The Morgan fingerprint density at radius 1 is 1.53 bits per heavy atom. The molecule has 15 heavy (non-hydrogen) atoms. The van der Waals surface area contributed by atoms with Gasteiger partial charge in [-0.1, -0.05) is 11.3 Å². The van der Waals surface area contributed by atoms with Crippen LogP contribution in [0.15, 0.2) is 6.20 Å². The predicted octanol–water partition coefficient (Wildman–Crippen LogP) is 0.394. The molecule has 1 aliphatic heterocycles. The molecule has 0 spiro atoms. The van der Waals surface area contributed by atoms with E-state index in [2.05, 4.69) is 4.98 Å². The number of thiazole rings is 1. The zero-order valence-corrected chi connectivity index (χ0v) is 9.46. The molecule has 0 unspecified atom stereocenters. The van der Waals surface area contributed by atoms with Crippen LogP contribution in [0.25, 0.3) is 0 Å². The maximum Gasteiger partial charge on any atom is 0.241 e. The van der Waals surface area contributed by atoms with Crippen LogP contribution in [-0.2, 0) is 4.79 Å². The summed E-state index contributed by atoms with van der Waals surface area (Å²) in [7, 11) is 1.84. The highest BCUT2D eigenvalue weighted by molar-refractivity contribution is 7.19. The minimum Gasteiger partial charge on any atom is -0.389 e. The van der Waals surface area contributed by atoms with E-state index in [1.165, 1.54) is 11.3 Å². The molecule has 0 aromatic carbocycles. The highest BCUT2D eigenvalue weighted by Gasteiger charge is 2.20. The van der Waals surface area contributed by atoms with E-state index < -0.39 is 0 Å². The standard InChI is InChI=1S/C9H14N4OS/c1-12-3-2-4-13(6-8(12)14)9-11-5-7(10)15-9/h5H,2-4,6,10H2,1H3. The van der Waals surface area contributed by atoms with Crippen LogP contribution in [0.4, 0.5) is 10.1 Å². The maximum absolute atomic E-state index is 11.6. The lowest BCUT2D eigenvalue weighted by molar-refractivity contribution is -0.127. The van der Waals surface area contributed by atoms with Crippen LogP contribution in [0, 0.1) is 0 Å². The van der Waals surface area contributed by atoms with Crippen molar-refractivity contribution in [3.05, 3.63) is 6.20 Å². The Morgan fingerprint density at radius 2 is 2.33 bits per heavy atom. The van der Waals surface area contributed by atoms with Gasteiger partial charge in [-0.15, -0.1) is 0 Å². The van der Waals surface area contributed by atoms with Crippen molar-refractivity contribution < 1.29 is 4.79 Å². The SMILES string of the molecule is CN1CCCN(c2ncc(N)s2)CC1=O. The molecular weight excluding hydrogens is 212 g/mol. The zero-order valence-electron chi connectivity index (χ0n) is 8.64. The normalized spacial score (nSPS) is 18.1. The fraction of sp³-hybridized carbons (Fsp3) is 0.556. The number of rotatable bonds is 1. The highest BCUT2D eigenvalue weighted by atomic mass is 32.1. The van der Waals surface area contributed by atoms with Crippen LogP contribution < -0.4 is 10.6 Å². The zero-order chi connectivity index (χ0) is 10.8. The van der Waals surface area contributed by atoms with Crippen LogP contribution >= 0.6 is 11.3 Å². The molecular formula is C9H14N4OS. The Kier molecular flexibility index (Phi) is 2.77. The van der Waals surface area contributed by atoms with Gasteiger partial charge in [0.2, 0.25) is 5.91 Å². The van der Waals surface area contributed by atoms with Crippen LogP contribution in [0.1, 0.15) is 6.42 Å². The van der Waals surface area contributed by atoms with Crippen LogP contribution in [-0.4, -0.2) is 42.5 Å². The number of nitrogen functional groups attached to an aromatic ring is 1. The number of carbonyl (C=O) groups excluding carboxylic acids is 1. The van der Waals surface area contributed by atoms with E-state index in [1.54, 1.807) is 11.1 Å². The summed E-state index contributed by atoms with van der Waals surface area (Å²) in [6.07, 6.45) is 2.61. The molecule has 2 rings (SSSR count). The summed E-state index contributed by atoms with van der Waals surface area (Å²) >= 11 is 1.43. The molecule has 0 saturated carbocycles. The Bertz CT molecular complexity index is 365. The number of anilines is 2. The molecule has 82 valence electrons. The van der Waals surface area contributed by atoms with Gasteiger partial charge in [-0.05, 0) is 6.42 Å². The van der Waals surface area contributed by atoms with E-state index in [0.717, 1.165) is 24.6 Å². The van der Waals surface area contributed by atoms with E-state index in [1.807, 2.05) is 11.9 Å². The van der Waals surface area contributed by atoms with Gasteiger partial charge in [-0.3, -0.25) is 4.79 Å². The second kappa shape index (κ2) is 4.06. The summed E-state index contributed by atoms with van der Waals surface area (Å²) in [6, 6.07) is 0. The minimum absolute atomic E-state index is 0.140. The van der Waals surface area contributed by atoms with E-state index >= 15 is 0 Å². The molecule has 0 atom stereocenters. The first kappa shape index (κ1) is 10.2. The molecule has 1 fully saturated rings. The van der Waals surface area contributed by atoms with Gasteiger partial charge < -0.3 is 15.5 Å². The first-order valence-electron chi connectivity index (χ1n) is 4.87. The Labute approximate surface area is 92.5 Å². The third-order valence-corrected chi connectivity index (χ3v) is 3.34. The second-order valence-corrected chi connectivity index (χ2v) is 4.68. The van der Waals surface area contributed by atoms with Crippen molar-refractivity contribution in [1.82, 2.24) is 9.88 Å². The number of aromatic nitrogens is 1. The highest BCUT2D eigenvalue weighted by Crippen LogP contribution is 2.24. The molecule has 6 heteroatoms. The fourth-order valence-corrected chi connectivity index (χ4v) is 2.28. The van der Waals surface area contributed by atoms with Crippen molar-refractivity contribution in [3.63, 3.8) is 0 Å². The summed E-state index contributed by atoms with van der Waals surface area (Å²) in [5.74, 6) is 0.140. The Morgan fingerprint density at radius 3 is 3.00 bits per heavy atom. The Hall–Kier alpha value is -1.30. The predicted molar refractivity (Wildman–Crippen MR) is 61.0 cm³/mol. The lowest BCUT2D eigenvalue weighted by Crippen LogP contribution is -2.34. The van der Waals surface area contributed by atoms with Crippen LogP contribution in [0.2, 0.25) is 0 Å². The van der Waals surface area contributed by atoms with Gasteiger partial charge in [-0.2, -0.15) is 0 Å². The molecule has 1 aromatic rings. The van der Waals surface area contributed by atoms with Gasteiger partial charge in [0.15, 0.2) is 5.13 Å². The van der Waals surface area contributed by atoms with E-state index in [4.69, 9.17) is 5.73 Å². The number of carbonyl (C=O) groups is 1.